The first-order chi connectivity index (χ1) is 12.3. The molecule has 0 spiro atoms. The van der Waals surface area contributed by atoms with E-state index in [-0.39, 0.29) is 0 Å². The third-order valence-electron chi connectivity index (χ3n) is 4.27. The molecule has 0 fully saturated rings. The van der Waals surface area contributed by atoms with Crippen LogP contribution in [0.2, 0.25) is 0 Å². The van der Waals surface area contributed by atoms with Gasteiger partial charge in [-0.3, -0.25) is 0 Å². The molecule has 2 aromatic carbocycles. The Bertz CT molecular complexity index is 801. The normalized spacial score (nSPS) is 10.9. The molecular formula is C20H24I3N2P. The SMILES string of the molecule is Cc1cc(C)c(-n2cc[n+](-c3c(C)cc(C)cc3C)p2)c(C)c1.I[I-]I. The predicted octanol–water partition coefficient (Wildman–Crippen LogP) is 3.96. The second-order valence-electron chi connectivity index (χ2n) is 6.63. The third kappa shape index (κ3) is 5.41. The molecule has 0 N–H and O–H groups in total. The van der Waals surface area contributed by atoms with Crippen LogP contribution in [0, 0.1) is 41.5 Å². The van der Waals surface area contributed by atoms with Crippen LogP contribution in [-0.4, -0.2) is 4.33 Å². The minimum absolute atomic E-state index is 0.530. The molecule has 2 nitrogen and oxygen atoms in total. The van der Waals surface area contributed by atoms with E-state index in [1.54, 1.807) is 0 Å². The van der Waals surface area contributed by atoms with Gasteiger partial charge in [-0.25, -0.2) is 0 Å². The molecule has 1 aromatic heterocycles. The zero-order valence-electron chi connectivity index (χ0n) is 15.9. The number of rotatable bonds is 2. The Hall–Kier alpha value is 0.270. The second kappa shape index (κ2) is 10.2. The fourth-order valence-electron chi connectivity index (χ4n) is 3.60. The second-order valence-corrected chi connectivity index (χ2v) is 23.9. The van der Waals surface area contributed by atoms with Gasteiger partial charge in [-0.15, -0.1) is 0 Å². The molecule has 6 heteroatoms. The van der Waals surface area contributed by atoms with Crippen molar-refractivity contribution in [2.24, 2.45) is 0 Å². The Morgan fingerprint density at radius 2 is 1.23 bits per heavy atom. The minimum atomic E-state index is 0.530. The molecule has 0 unspecified atom stereocenters. The molecule has 0 aliphatic heterocycles. The van der Waals surface area contributed by atoms with E-state index in [2.05, 4.69) is 124 Å². The van der Waals surface area contributed by atoms with Gasteiger partial charge < -0.3 is 0 Å². The van der Waals surface area contributed by atoms with Crippen molar-refractivity contribution >= 4 is 45.7 Å². The number of benzene rings is 2. The summed E-state index contributed by atoms with van der Waals surface area (Å²) in [5, 5.41) is 0. The molecule has 1 heterocycles. The van der Waals surface area contributed by atoms with Crippen LogP contribution in [0.15, 0.2) is 36.7 Å². The molecule has 3 aromatic rings. The molecule has 0 aliphatic carbocycles. The van der Waals surface area contributed by atoms with Gasteiger partial charge in [-0.05, 0) is 63.8 Å². The van der Waals surface area contributed by atoms with Crippen molar-refractivity contribution in [3.8, 4) is 11.4 Å². The maximum absolute atomic E-state index is 2.39. The van der Waals surface area contributed by atoms with Gasteiger partial charge in [0.25, 0.3) is 0 Å². The summed E-state index contributed by atoms with van der Waals surface area (Å²) in [5.41, 5.74) is 10.6. The molecule has 0 aliphatic rings. The molecule has 3 rings (SSSR count). The third-order valence-corrected chi connectivity index (χ3v) is 5.32. The zero-order chi connectivity index (χ0) is 19.4. The van der Waals surface area contributed by atoms with Gasteiger partial charge in [0.05, 0.1) is 0 Å². The first-order valence-electron chi connectivity index (χ1n) is 8.29. The Morgan fingerprint density at radius 3 is 1.69 bits per heavy atom. The van der Waals surface area contributed by atoms with Gasteiger partial charge in [-0.1, -0.05) is 35.4 Å². The number of hydrogen-bond acceptors (Lipinski definition) is 0. The van der Waals surface area contributed by atoms with Crippen molar-refractivity contribution in [2.45, 2.75) is 41.5 Å². The monoisotopic (exact) mass is 704 g/mol. The van der Waals surface area contributed by atoms with Crippen LogP contribution in [0.25, 0.3) is 11.4 Å². The Kier molecular flexibility index (Phi) is 8.82. The van der Waals surface area contributed by atoms with Crippen LogP contribution < -0.4 is 17.6 Å². The number of halogens is 3. The molecule has 140 valence electrons. The van der Waals surface area contributed by atoms with Crippen molar-refractivity contribution in [1.29, 1.82) is 0 Å². The Labute approximate surface area is 188 Å². The van der Waals surface area contributed by atoms with Gasteiger partial charge in [0.2, 0.25) is 0 Å². The molecule has 0 amide bonds. The van der Waals surface area contributed by atoms with E-state index < -0.39 is 0 Å². The standard InChI is InChI=1S/C20H24N2P.I3/c1-13-9-15(3)19(16(4)10-13)21-7-8-22(23-21)20-17(5)11-14(2)12-18(20)6;1-3-2/h7-12H,1-6H3;/q+1;-1. The fourth-order valence-corrected chi connectivity index (χ4v) is 4.85. The van der Waals surface area contributed by atoms with Crippen LogP contribution in [0.1, 0.15) is 33.4 Å². The molecule has 0 radical (unpaired) electrons. The molecule has 0 saturated carbocycles. The van der Waals surface area contributed by atoms with Crippen LogP contribution in [0.5, 0.6) is 0 Å². The zero-order valence-corrected chi connectivity index (χ0v) is 23.3. The number of aromatic nitrogens is 2. The van der Waals surface area contributed by atoms with E-state index in [1.807, 2.05) is 0 Å². The average Bonchev–Trinajstić information content (AvgIpc) is 2.95. The summed E-state index contributed by atoms with van der Waals surface area (Å²) in [4.78, 5) is 0. The van der Waals surface area contributed by atoms with Gasteiger partial charge in [0, 0.05) is 0 Å². The van der Waals surface area contributed by atoms with Crippen LogP contribution in [0.4, 0.5) is 0 Å². The van der Waals surface area contributed by atoms with Crippen molar-refractivity contribution in [3.05, 3.63) is 70.0 Å². The van der Waals surface area contributed by atoms with Crippen molar-refractivity contribution in [1.82, 2.24) is 4.33 Å². The van der Waals surface area contributed by atoms with Crippen molar-refractivity contribution in [2.75, 3.05) is 0 Å². The van der Waals surface area contributed by atoms with Crippen LogP contribution in [0.3, 0.4) is 0 Å². The summed E-state index contributed by atoms with van der Waals surface area (Å²) < 4.78 is 4.64. The summed E-state index contributed by atoms with van der Waals surface area (Å²) in [7, 11) is 1.16. The van der Waals surface area contributed by atoms with E-state index >= 15 is 0 Å². The quantitative estimate of drug-likeness (QED) is 0.358. The number of aryl methyl sites for hydroxylation is 6. The Balaban J connectivity index is 0.000000758. The summed E-state index contributed by atoms with van der Waals surface area (Å²) in [5.74, 6) is 0. The molecule has 0 bridgehead atoms. The van der Waals surface area contributed by atoms with Crippen LogP contribution in [-0.2, 0) is 0 Å². The van der Waals surface area contributed by atoms with E-state index in [1.165, 1.54) is 44.8 Å². The molecule has 0 atom stereocenters. The molecule has 26 heavy (non-hydrogen) atoms. The van der Waals surface area contributed by atoms with Crippen LogP contribution >= 0.6 is 45.7 Å². The first kappa shape index (κ1) is 22.6. The summed E-state index contributed by atoms with van der Waals surface area (Å²) >= 11 is 5.30. The van der Waals surface area contributed by atoms with Gasteiger partial charge in [0.15, 0.2) is 0 Å². The summed E-state index contributed by atoms with van der Waals surface area (Å²) in [6, 6.07) is 9.04. The van der Waals surface area contributed by atoms with E-state index in [0.717, 1.165) is 8.51 Å². The van der Waals surface area contributed by atoms with Gasteiger partial charge >= 0.3 is 59.0 Å². The van der Waals surface area contributed by atoms with Crippen molar-refractivity contribution < 1.29 is 17.6 Å². The van der Waals surface area contributed by atoms with E-state index in [0.29, 0.717) is 13.3 Å². The number of hydrogen-bond donors (Lipinski definition) is 0. The summed E-state index contributed by atoms with van der Waals surface area (Å²) in [6.07, 6.45) is 4.37. The molecular weight excluding hydrogens is 680 g/mol. The van der Waals surface area contributed by atoms with E-state index in [9.17, 15) is 0 Å². The first-order valence-corrected chi connectivity index (χ1v) is 21.7. The Morgan fingerprint density at radius 1 is 0.808 bits per heavy atom. The predicted molar refractivity (Wildman–Crippen MR) is 126 cm³/mol. The van der Waals surface area contributed by atoms with Gasteiger partial charge in [0.1, 0.15) is 23.8 Å². The maximum atomic E-state index is 2.39. The average molecular weight is 704 g/mol. The topological polar surface area (TPSA) is 8.81 Å². The fraction of sp³-hybridized carbons (Fsp3) is 0.300. The van der Waals surface area contributed by atoms with Crippen molar-refractivity contribution in [3.63, 3.8) is 0 Å². The van der Waals surface area contributed by atoms with Gasteiger partial charge in [-0.2, -0.15) is 8.66 Å². The number of nitrogens with zero attached hydrogens (tertiary/aromatic N) is 2. The molecule has 0 saturated heterocycles. The summed E-state index contributed by atoms with van der Waals surface area (Å²) in [6.45, 7) is 13.1. The van der Waals surface area contributed by atoms with E-state index in [4.69, 9.17) is 0 Å².